The maximum absolute atomic E-state index is 13.5. The second-order valence-electron chi connectivity index (χ2n) is 3.65. The molecule has 0 radical (unpaired) electrons. The molecule has 0 unspecified atom stereocenters. The molecule has 0 saturated heterocycles. The van der Waals surface area contributed by atoms with Gasteiger partial charge in [-0.05, 0) is 13.0 Å². The number of aryl methyl sites for hydroxylation is 1. The molecule has 3 rings (SSSR count). The molecule has 7 heteroatoms. The minimum atomic E-state index is -0.769. The molecule has 86 valence electrons. The topological polar surface area (TPSA) is 69.1 Å². The largest absolute Gasteiger partial charge is 0.368 e. The number of anilines is 1. The molecule has 0 fully saturated rings. The van der Waals surface area contributed by atoms with Crippen molar-refractivity contribution in [1.82, 2.24) is 19.6 Å². The number of nitrogens with zero attached hydrogens (tertiary/aromatic N) is 4. The highest BCUT2D eigenvalue weighted by Gasteiger charge is 2.14. The Hall–Kier alpha value is -2.31. The third kappa shape index (κ3) is 1.32. The number of nitrogens with two attached hydrogens (primary N) is 1. The molecule has 0 aliphatic heterocycles. The zero-order valence-corrected chi connectivity index (χ0v) is 8.78. The first-order chi connectivity index (χ1) is 8.06. The average molecular weight is 235 g/mol. The predicted octanol–water partition coefficient (Wildman–Crippen LogP) is 1.45. The van der Waals surface area contributed by atoms with Crippen molar-refractivity contribution in [2.24, 2.45) is 0 Å². The van der Waals surface area contributed by atoms with Crippen molar-refractivity contribution in [1.29, 1.82) is 0 Å². The van der Waals surface area contributed by atoms with E-state index in [0.717, 1.165) is 12.1 Å². The van der Waals surface area contributed by atoms with Gasteiger partial charge in [0.05, 0.1) is 5.39 Å². The molecule has 5 nitrogen and oxygen atoms in total. The highest BCUT2D eigenvalue weighted by atomic mass is 19.1. The van der Waals surface area contributed by atoms with Gasteiger partial charge in [0.15, 0.2) is 11.5 Å². The van der Waals surface area contributed by atoms with Crippen LogP contribution >= 0.6 is 0 Å². The number of rotatable bonds is 0. The molecule has 2 heterocycles. The Labute approximate surface area is 93.9 Å². The summed E-state index contributed by atoms with van der Waals surface area (Å²) >= 11 is 0. The fourth-order valence-electron chi connectivity index (χ4n) is 1.76. The van der Waals surface area contributed by atoms with Crippen molar-refractivity contribution in [3.63, 3.8) is 0 Å². The van der Waals surface area contributed by atoms with E-state index in [1.165, 1.54) is 4.52 Å². The molecule has 0 spiro atoms. The molecule has 0 atom stereocenters. The summed E-state index contributed by atoms with van der Waals surface area (Å²) in [5, 5.41) is 4.24. The Morgan fingerprint density at radius 2 is 2.00 bits per heavy atom. The molecular weight excluding hydrogens is 228 g/mol. The second-order valence-corrected chi connectivity index (χ2v) is 3.65. The lowest BCUT2D eigenvalue weighted by Crippen LogP contribution is -2.03. The van der Waals surface area contributed by atoms with Crippen LogP contribution in [0.1, 0.15) is 5.82 Å². The number of benzene rings is 1. The number of halogens is 2. The minimum Gasteiger partial charge on any atom is -0.368 e. The van der Waals surface area contributed by atoms with Crippen molar-refractivity contribution < 1.29 is 8.78 Å². The number of hydrogen-bond donors (Lipinski definition) is 1. The second kappa shape index (κ2) is 3.09. The van der Waals surface area contributed by atoms with Crippen LogP contribution in [0.4, 0.5) is 14.7 Å². The zero-order valence-electron chi connectivity index (χ0n) is 8.78. The first kappa shape index (κ1) is 9.88. The van der Waals surface area contributed by atoms with E-state index in [-0.39, 0.29) is 16.9 Å². The van der Waals surface area contributed by atoms with Gasteiger partial charge in [0.25, 0.3) is 0 Å². The SMILES string of the molecule is Cc1nc2c3cc(F)cc(F)c3nc(N)n2n1. The van der Waals surface area contributed by atoms with Gasteiger partial charge >= 0.3 is 0 Å². The highest BCUT2D eigenvalue weighted by molar-refractivity contribution is 5.92. The lowest BCUT2D eigenvalue weighted by Gasteiger charge is -2.03. The third-order valence-electron chi connectivity index (χ3n) is 2.43. The summed E-state index contributed by atoms with van der Waals surface area (Å²) in [5.74, 6) is -0.992. The monoisotopic (exact) mass is 235 g/mol. The summed E-state index contributed by atoms with van der Waals surface area (Å²) in [6.45, 7) is 1.66. The van der Waals surface area contributed by atoms with Gasteiger partial charge in [-0.3, -0.25) is 0 Å². The van der Waals surface area contributed by atoms with Crippen LogP contribution in [0.3, 0.4) is 0 Å². The fourth-order valence-corrected chi connectivity index (χ4v) is 1.76. The molecule has 0 aliphatic carbocycles. The Balaban J connectivity index is 2.62. The van der Waals surface area contributed by atoms with Gasteiger partial charge in [-0.25, -0.2) is 18.7 Å². The van der Waals surface area contributed by atoms with Crippen LogP contribution < -0.4 is 5.73 Å². The van der Waals surface area contributed by atoms with E-state index in [9.17, 15) is 8.78 Å². The molecule has 3 aromatic rings. The van der Waals surface area contributed by atoms with Crippen LogP contribution in [-0.4, -0.2) is 19.6 Å². The van der Waals surface area contributed by atoms with Crippen molar-refractivity contribution in [3.8, 4) is 0 Å². The third-order valence-corrected chi connectivity index (χ3v) is 2.43. The number of fused-ring (bicyclic) bond motifs is 3. The molecular formula is C10H7F2N5. The molecule has 0 bridgehead atoms. The van der Waals surface area contributed by atoms with Gasteiger partial charge in [0.2, 0.25) is 5.95 Å². The van der Waals surface area contributed by atoms with Gasteiger partial charge in [-0.2, -0.15) is 4.52 Å². The first-order valence-electron chi connectivity index (χ1n) is 4.84. The smallest absolute Gasteiger partial charge is 0.223 e. The molecule has 0 saturated carbocycles. The first-order valence-corrected chi connectivity index (χ1v) is 4.84. The van der Waals surface area contributed by atoms with Crippen LogP contribution in [0.25, 0.3) is 16.6 Å². The van der Waals surface area contributed by atoms with Crippen molar-refractivity contribution in [3.05, 3.63) is 29.6 Å². The van der Waals surface area contributed by atoms with E-state index in [1.807, 2.05) is 0 Å². The molecule has 0 amide bonds. The summed E-state index contributed by atoms with van der Waals surface area (Å²) in [5.41, 5.74) is 5.92. The van der Waals surface area contributed by atoms with Crippen LogP contribution in [0, 0.1) is 18.6 Å². The fraction of sp³-hybridized carbons (Fsp3) is 0.100. The van der Waals surface area contributed by atoms with Crippen LogP contribution in [-0.2, 0) is 0 Å². The van der Waals surface area contributed by atoms with Crippen molar-refractivity contribution in [2.75, 3.05) is 5.73 Å². The summed E-state index contributed by atoms with van der Waals surface area (Å²) < 4.78 is 28.0. The van der Waals surface area contributed by atoms with Crippen LogP contribution in [0.5, 0.6) is 0 Å². The highest BCUT2D eigenvalue weighted by Crippen LogP contribution is 2.23. The summed E-state index contributed by atoms with van der Waals surface area (Å²) in [7, 11) is 0. The minimum absolute atomic E-state index is 0.0104. The quantitative estimate of drug-likeness (QED) is 0.640. The van der Waals surface area contributed by atoms with Gasteiger partial charge in [-0.1, -0.05) is 0 Å². The molecule has 2 aromatic heterocycles. The van der Waals surface area contributed by atoms with E-state index in [2.05, 4.69) is 15.1 Å². The Kier molecular flexibility index (Phi) is 1.80. The standard InChI is InChI=1S/C10H7F2N5/c1-4-14-9-6-2-5(11)3-7(12)8(6)15-10(13)17(9)16-4/h2-3H,1H3,(H2,13,15). The lowest BCUT2D eigenvalue weighted by molar-refractivity contribution is 0.590. The average Bonchev–Trinajstić information content (AvgIpc) is 2.63. The van der Waals surface area contributed by atoms with E-state index in [1.54, 1.807) is 6.92 Å². The van der Waals surface area contributed by atoms with Crippen LogP contribution in [0.15, 0.2) is 12.1 Å². The number of hydrogen-bond acceptors (Lipinski definition) is 4. The summed E-state index contributed by atoms with van der Waals surface area (Å²) in [6.07, 6.45) is 0. The van der Waals surface area contributed by atoms with E-state index < -0.39 is 11.6 Å². The van der Waals surface area contributed by atoms with Crippen LogP contribution in [0.2, 0.25) is 0 Å². The lowest BCUT2D eigenvalue weighted by atomic mass is 10.2. The van der Waals surface area contributed by atoms with Crippen molar-refractivity contribution in [2.45, 2.75) is 6.92 Å². The Bertz CT molecular complexity index is 749. The van der Waals surface area contributed by atoms with Crippen molar-refractivity contribution >= 4 is 22.5 Å². The predicted molar refractivity (Wildman–Crippen MR) is 57.4 cm³/mol. The molecule has 2 N–H and O–H groups in total. The normalized spacial score (nSPS) is 11.5. The van der Waals surface area contributed by atoms with E-state index in [0.29, 0.717) is 11.5 Å². The van der Waals surface area contributed by atoms with Gasteiger partial charge in [0.1, 0.15) is 17.2 Å². The molecule has 1 aromatic carbocycles. The maximum atomic E-state index is 13.5. The Morgan fingerprint density at radius 3 is 2.76 bits per heavy atom. The molecule has 0 aliphatic rings. The van der Waals surface area contributed by atoms with Gasteiger partial charge < -0.3 is 5.73 Å². The van der Waals surface area contributed by atoms with Gasteiger partial charge in [-0.15, -0.1) is 5.10 Å². The van der Waals surface area contributed by atoms with Gasteiger partial charge in [0, 0.05) is 6.07 Å². The van der Waals surface area contributed by atoms with E-state index >= 15 is 0 Å². The molecule has 17 heavy (non-hydrogen) atoms. The van der Waals surface area contributed by atoms with E-state index in [4.69, 9.17) is 5.73 Å². The maximum Gasteiger partial charge on any atom is 0.223 e. The zero-order chi connectivity index (χ0) is 12.2. The number of aromatic nitrogens is 4. The summed E-state index contributed by atoms with van der Waals surface area (Å²) in [6, 6.07) is 1.92. The number of nitrogen functional groups attached to an aromatic ring is 1. The summed E-state index contributed by atoms with van der Waals surface area (Å²) in [4.78, 5) is 7.94. The Morgan fingerprint density at radius 1 is 1.24 bits per heavy atom.